The maximum absolute atomic E-state index is 13.9. The summed E-state index contributed by atoms with van der Waals surface area (Å²) in [6.07, 6.45) is 1.28. The molecule has 1 N–H and O–H groups in total. The van der Waals surface area contributed by atoms with Gasteiger partial charge in [-0.2, -0.15) is 15.6 Å². The predicted octanol–water partition coefficient (Wildman–Crippen LogP) is 5.22. The van der Waals surface area contributed by atoms with E-state index in [1.165, 1.54) is 30.5 Å². The number of nitrogens with one attached hydrogen (secondary N) is 1. The Kier molecular flexibility index (Phi) is 7.41. The van der Waals surface area contributed by atoms with Gasteiger partial charge in [-0.05, 0) is 42.0 Å². The number of nitriles is 2. The van der Waals surface area contributed by atoms with Crippen LogP contribution in [0.25, 0.3) is 0 Å². The van der Waals surface area contributed by atoms with Crippen molar-refractivity contribution in [3.05, 3.63) is 98.3 Å². The number of benzene rings is 3. The second-order valence-electron chi connectivity index (χ2n) is 6.38. The Morgan fingerprint density at radius 3 is 2.47 bits per heavy atom. The lowest BCUT2D eigenvalue weighted by Crippen LogP contribution is -2.19. The number of hydrogen-bond acceptors (Lipinski definition) is 5. The second kappa shape index (κ2) is 10.4. The van der Waals surface area contributed by atoms with Gasteiger partial charge in [0.2, 0.25) is 0 Å². The Morgan fingerprint density at radius 2 is 1.81 bits per heavy atom. The molecule has 1 amide bonds. The highest BCUT2D eigenvalue weighted by atomic mass is 35.5. The highest BCUT2D eigenvalue weighted by Crippen LogP contribution is 2.34. The zero-order chi connectivity index (χ0) is 23.1. The first-order chi connectivity index (χ1) is 15.4. The van der Waals surface area contributed by atoms with Gasteiger partial charge in [0.05, 0.1) is 45.1 Å². The van der Waals surface area contributed by atoms with Gasteiger partial charge in [-0.25, -0.2) is 9.82 Å². The van der Waals surface area contributed by atoms with Crippen LogP contribution >= 0.6 is 23.2 Å². The molecule has 3 aromatic rings. The summed E-state index contributed by atoms with van der Waals surface area (Å²) < 4.78 is 19.6. The van der Waals surface area contributed by atoms with Gasteiger partial charge in [0, 0.05) is 5.56 Å². The van der Waals surface area contributed by atoms with Crippen LogP contribution in [0.4, 0.5) is 4.39 Å². The van der Waals surface area contributed by atoms with Gasteiger partial charge in [0.1, 0.15) is 12.4 Å². The molecule has 3 rings (SSSR count). The largest absolute Gasteiger partial charge is 0.486 e. The Morgan fingerprint density at radius 1 is 1.09 bits per heavy atom. The van der Waals surface area contributed by atoms with Crippen LogP contribution in [0.1, 0.15) is 32.6 Å². The Bertz CT molecular complexity index is 1270. The number of ether oxygens (including phenoxy) is 1. The molecule has 0 aliphatic carbocycles. The topological polar surface area (TPSA) is 98.3 Å². The molecule has 0 bridgehead atoms. The molecule has 0 spiro atoms. The van der Waals surface area contributed by atoms with Crippen LogP contribution in [-0.2, 0) is 6.61 Å². The molecule has 0 radical (unpaired) electrons. The van der Waals surface area contributed by atoms with Gasteiger partial charge in [0.15, 0.2) is 5.75 Å². The van der Waals surface area contributed by atoms with E-state index in [0.717, 1.165) is 6.07 Å². The lowest BCUT2D eigenvalue weighted by molar-refractivity contribution is 0.0951. The van der Waals surface area contributed by atoms with E-state index in [2.05, 4.69) is 16.6 Å². The summed E-state index contributed by atoms with van der Waals surface area (Å²) in [5, 5.41) is 22.1. The lowest BCUT2D eigenvalue weighted by Gasteiger charge is -2.11. The number of rotatable bonds is 6. The fraction of sp³-hybridized carbons (Fsp3) is 0.0435. The molecule has 0 aliphatic heterocycles. The highest BCUT2D eigenvalue weighted by molar-refractivity contribution is 6.37. The molecule has 9 heteroatoms. The number of hydrogen-bond donors (Lipinski definition) is 1. The van der Waals surface area contributed by atoms with Crippen molar-refractivity contribution < 1.29 is 13.9 Å². The van der Waals surface area contributed by atoms with Crippen LogP contribution in [0, 0.1) is 28.5 Å². The molecule has 0 fully saturated rings. The second-order valence-corrected chi connectivity index (χ2v) is 7.19. The van der Waals surface area contributed by atoms with Crippen molar-refractivity contribution in [1.82, 2.24) is 5.43 Å². The third-order valence-corrected chi connectivity index (χ3v) is 4.81. The van der Waals surface area contributed by atoms with Crippen molar-refractivity contribution in [3.8, 4) is 17.9 Å². The van der Waals surface area contributed by atoms with Crippen molar-refractivity contribution in [2.45, 2.75) is 6.61 Å². The van der Waals surface area contributed by atoms with E-state index in [-0.39, 0.29) is 33.5 Å². The third kappa shape index (κ3) is 5.41. The molecule has 0 unspecified atom stereocenters. The number of amides is 1. The molecular formula is C23H13Cl2FN4O2. The fourth-order valence-electron chi connectivity index (χ4n) is 2.69. The molecule has 0 atom stereocenters. The first-order valence-corrected chi connectivity index (χ1v) is 9.81. The summed E-state index contributed by atoms with van der Waals surface area (Å²) in [4.78, 5) is 12.1. The molecule has 0 saturated heterocycles. The fourth-order valence-corrected chi connectivity index (χ4v) is 3.30. The van der Waals surface area contributed by atoms with Gasteiger partial charge >= 0.3 is 0 Å². The van der Waals surface area contributed by atoms with E-state index in [0.29, 0.717) is 16.7 Å². The summed E-state index contributed by atoms with van der Waals surface area (Å²) in [5.74, 6) is -1.37. The van der Waals surface area contributed by atoms with E-state index in [1.54, 1.807) is 30.3 Å². The minimum Gasteiger partial charge on any atom is -0.486 e. The average Bonchev–Trinajstić information content (AvgIpc) is 2.78. The SMILES string of the molecule is N#Cc1ccc(C(=O)N/N=C\c2cc(Cl)c(OCc3ccccc3C#N)c(Cl)c2)c(F)c1. The van der Waals surface area contributed by atoms with Crippen molar-refractivity contribution in [1.29, 1.82) is 10.5 Å². The van der Waals surface area contributed by atoms with Crippen molar-refractivity contribution in [2.75, 3.05) is 0 Å². The van der Waals surface area contributed by atoms with Crippen LogP contribution in [-0.4, -0.2) is 12.1 Å². The summed E-state index contributed by atoms with van der Waals surface area (Å²) in [6.45, 7) is 0.100. The van der Waals surface area contributed by atoms with Gasteiger partial charge in [-0.15, -0.1) is 0 Å². The van der Waals surface area contributed by atoms with E-state index in [1.807, 2.05) is 0 Å². The minimum absolute atomic E-state index is 0.100. The molecule has 6 nitrogen and oxygen atoms in total. The summed E-state index contributed by atoms with van der Waals surface area (Å²) in [7, 11) is 0. The van der Waals surface area contributed by atoms with Gasteiger partial charge in [-0.1, -0.05) is 41.4 Å². The van der Waals surface area contributed by atoms with Crippen molar-refractivity contribution >= 4 is 35.3 Å². The van der Waals surface area contributed by atoms with Gasteiger partial charge in [0.25, 0.3) is 5.91 Å². The van der Waals surface area contributed by atoms with Crippen LogP contribution in [0.15, 0.2) is 59.7 Å². The standard InChI is InChI=1S/C23H13Cl2FN4O2/c24-19-7-15(12-29-30-23(31)18-6-5-14(10-27)9-21(18)26)8-20(25)22(19)32-13-17-4-2-1-3-16(17)11-28/h1-9,12H,13H2,(H,30,31)/b29-12-. The summed E-state index contributed by atoms with van der Waals surface area (Å²) >= 11 is 12.5. The molecule has 3 aromatic carbocycles. The summed E-state index contributed by atoms with van der Waals surface area (Å²) in [6, 6.07) is 17.4. The molecular weight excluding hydrogens is 454 g/mol. The smallest absolute Gasteiger partial charge is 0.274 e. The number of halogens is 3. The molecule has 0 heterocycles. The number of carbonyl (C=O) groups excluding carboxylic acids is 1. The van der Waals surface area contributed by atoms with Crippen molar-refractivity contribution in [2.24, 2.45) is 5.10 Å². The summed E-state index contributed by atoms with van der Waals surface area (Å²) in [5.41, 5.74) is 3.68. The van der Waals surface area contributed by atoms with E-state index in [4.69, 9.17) is 38.5 Å². The Hall–Kier alpha value is -3.91. The van der Waals surface area contributed by atoms with Gasteiger partial charge < -0.3 is 4.74 Å². The number of hydrazone groups is 1. The van der Waals surface area contributed by atoms with Crippen molar-refractivity contribution in [3.63, 3.8) is 0 Å². The van der Waals surface area contributed by atoms with Crippen LogP contribution in [0.5, 0.6) is 5.75 Å². The molecule has 32 heavy (non-hydrogen) atoms. The quantitative estimate of drug-likeness (QED) is 0.397. The third-order valence-electron chi connectivity index (χ3n) is 4.25. The van der Waals surface area contributed by atoms with E-state index < -0.39 is 11.7 Å². The zero-order valence-corrected chi connectivity index (χ0v) is 17.8. The minimum atomic E-state index is -0.831. The highest BCUT2D eigenvalue weighted by Gasteiger charge is 2.13. The average molecular weight is 467 g/mol. The molecule has 0 aliphatic rings. The van der Waals surface area contributed by atoms with Crippen LogP contribution in [0.2, 0.25) is 10.0 Å². The van der Waals surface area contributed by atoms with Crippen LogP contribution < -0.4 is 10.2 Å². The molecule has 0 aromatic heterocycles. The maximum Gasteiger partial charge on any atom is 0.274 e. The first-order valence-electron chi connectivity index (χ1n) is 9.06. The number of carbonyl (C=O) groups is 1. The lowest BCUT2D eigenvalue weighted by atomic mass is 10.1. The van der Waals surface area contributed by atoms with E-state index >= 15 is 0 Å². The Labute approximate surface area is 193 Å². The first kappa shape index (κ1) is 22.8. The Balaban J connectivity index is 1.68. The monoisotopic (exact) mass is 466 g/mol. The molecule has 0 saturated carbocycles. The maximum atomic E-state index is 13.9. The van der Waals surface area contributed by atoms with E-state index in [9.17, 15) is 9.18 Å². The number of nitrogens with zero attached hydrogens (tertiary/aromatic N) is 3. The van der Waals surface area contributed by atoms with Gasteiger partial charge in [-0.3, -0.25) is 4.79 Å². The normalized spacial score (nSPS) is 10.4. The predicted molar refractivity (Wildman–Crippen MR) is 118 cm³/mol. The molecule has 158 valence electrons. The van der Waals surface area contributed by atoms with Crippen LogP contribution in [0.3, 0.4) is 0 Å². The zero-order valence-electron chi connectivity index (χ0n) is 16.3.